The molecule has 1 aliphatic rings. The van der Waals surface area contributed by atoms with E-state index in [1.165, 1.54) is 11.1 Å². The minimum absolute atomic E-state index is 0.0919. The number of carbonyl (C=O) groups excluding carboxylic acids is 1. The number of amides is 1. The van der Waals surface area contributed by atoms with Crippen molar-refractivity contribution >= 4 is 5.91 Å². The van der Waals surface area contributed by atoms with Crippen LogP contribution < -0.4 is 0 Å². The molecule has 3 nitrogen and oxygen atoms in total. The number of aromatic nitrogens is 1. The number of benzene rings is 1. The molecule has 1 amide bonds. The van der Waals surface area contributed by atoms with Crippen molar-refractivity contribution in [2.75, 3.05) is 13.1 Å². The molecule has 0 aliphatic carbocycles. The predicted molar refractivity (Wildman–Crippen MR) is 84.2 cm³/mol. The Hall–Kier alpha value is -2.03. The zero-order valence-electron chi connectivity index (χ0n) is 12.5. The molecule has 1 aromatic carbocycles. The molecule has 3 heteroatoms. The Balaban J connectivity index is 1.87. The number of rotatable bonds is 4. The van der Waals surface area contributed by atoms with Crippen molar-refractivity contribution in [3.05, 3.63) is 59.9 Å². The molecular formula is C18H22N2O. The van der Waals surface area contributed by atoms with E-state index in [-0.39, 0.29) is 11.9 Å². The van der Waals surface area contributed by atoms with Crippen LogP contribution in [0.3, 0.4) is 0 Å². The molecule has 1 unspecified atom stereocenters. The molecule has 110 valence electrons. The van der Waals surface area contributed by atoms with Gasteiger partial charge in [0.2, 0.25) is 5.91 Å². The van der Waals surface area contributed by atoms with Gasteiger partial charge in [-0.3, -0.25) is 4.79 Å². The predicted octanol–water partition coefficient (Wildman–Crippen LogP) is 3.40. The fourth-order valence-corrected chi connectivity index (χ4v) is 3.15. The first-order chi connectivity index (χ1) is 10.3. The van der Waals surface area contributed by atoms with Crippen molar-refractivity contribution in [2.45, 2.75) is 32.2 Å². The average molecular weight is 282 g/mol. The smallest absolute Gasteiger partial charge is 0.225 e. The summed E-state index contributed by atoms with van der Waals surface area (Å²) in [5.41, 5.74) is 2.48. The molecule has 2 aromatic rings. The third-order valence-electron chi connectivity index (χ3n) is 4.36. The van der Waals surface area contributed by atoms with E-state index in [0.717, 1.165) is 25.9 Å². The molecule has 0 N–H and O–H groups in total. The minimum Gasteiger partial charge on any atom is -0.346 e. The third-order valence-corrected chi connectivity index (χ3v) is 4.36. The number of hydrogen-bond donors (Lipinski definition) is 0. The first-order valence-corrected chi connectivity index (χ1v) is 7.71. The maximum atomic E-state index is 12.5. The summed E-state index contributed by atoms with van der Waals surface area (Å²) in [6, 6.07) is 12.5. The molecule has 1 aliphatic heterocycles. The van der Waals surface area contributed by atoms with Gasteiger partial charge in [-0.05, 0) is 43.0 Å². The molecule has 1 atom stereocenters. The third kappa shape index (κ3) is 3.02. The Labute approximate surface area is 126 Å². The van der Waals surface area contributed by atoms with Crippen LogP contribution in [0.15, 0.2) is 48.8 Å². The van der Waals surface area contributed by atoms with Crippen molar-refractivity contribution in [3.8, 4) is 0 Å². The normalized spacial score (nSPS) is 16.1. The maximum absolute atomic E-state index is 12.5. The molecule has 21 heavy (non-hydrogen) atoms. The van der Waals surface area contributed by atoms with Gasteiger partial charge in [-0.25, -0.2) is 0 Å². The van der Waals surface area contributed by atoms with E-state index in [4.69, 9.17) is 0 Å². The van der Waals surface area contributed by atoms with E-state index >= 15 is 0 Å². The Morgan fingerprint density at radius 3 is 2.43 bits per heavy atom. The van der Waals surface area contributed by atoms with Gasteiger partial charge in [-0.1, -0.05) is 24.3 Å². The summed E-state index contributed by atoms with van der Waals surface area (Å²) in [5.74, 6) is 0.273. The van der Waals surface area contributed by atoms with Gasteiger partial charge in [-0.2, -0.15) is 0 Å². The maximum Gasteiger partial charge on any atom is 0.225 e. The standard InChI is InChI=1S/C18H22N2O/c1-15-8-2-3-9-16(15)17(19-10-4-5-11-19)14-18(21)20-12-6-7-13-20/h2-5,8-11,17H,6-7,12-14H2,1H3. The molecule has 2 heterocycles. The van der Waals surface area contributed by atoms with Gasteiger partial charge >= 0.3 is 0 Å². The van der Waals surface area contributed by atoms with Crippen molar-refractivity contribution in [1.29, 1.82) is 0 Å². The largest absolute Gasteiger partial charge is 0.346 e. The molecule has 0 saturated carbocycles. The van der Waals surface area contributed by atoms with Crippen LogP contribution in [0.1, 0.15) is 36.4 Å². The van der Waals surface area contributed by atoms with E-state index < -0.39 is 0 Å². The monoisotopic (exact) mass is 282 g/mol. The van der Waals surface area contributed by atoms with E-state index in [2.05, 4.69) is 29.7 Å². The van der Waals surface area contributed by atoms with Crippen LogP contribution in [-0.2, 0) is 4.79 Å². The summed E-state index contributed by atoms with van der Waals surface area (Å²) < 4.78 is 2.15. The highest BCUT2D eigenvalue weighted by atomic mass is 16.2. The number of hydrogen-bond acceptors (Lipinski definition) is 1. The fourth-order valence-electron chi connectivity index (χ4n) is 3.15. The van der Waals surface area contributed by atoms with Crippen molar-refractivity contribution in [3.63, 3.8) is 0 Å². The molecule has 1 aromatic heterocycles. The van der Waals surface area contributed by atoms with E-state index in [1.807, 2.05) is 35.5 Å². The van der Waals surface area contributed by atoms with E-state index in [1.54, 1.807) is 0 Å². The van der Waals surface area contributed by atoms with Crippen LogP contribution in [0.5, 0.6) is 0 Å². The molecule has 1 saturated heterocycles. The Kier molecular flexibility index (Phi) is 4.09. The number of aryl methyl sites for hydroxylation is 1. The Morgan fingerprint density at radius 2 is 1.76 bits per heavy atom. The molecular weight excluding hydrogens is 260 g/mol. The molecule has 0 bridgehead atoms. The van der Waals surface area contributed by atoms with Gasteiger partial charge in [-0.15, -0.1) is 0 Å². The number of carbonyl (C=O) groups is 1. The summed E-state index contributed by atoms with van der Waals surface area (Å²) in [7, 11) is 0. The van der Waals surface area contributed by atoms with Crippen molar-refractivity contribution in [1.82, 2.24) is 9.47 Å². The summed E-state index contributed by atoms with van der Waals surface area (Å²) >= 11 is 0. The first-order valence-electron chi connectivity index (χ1n) is 7.71. The summed E-state index contributed by atoms with van der Waals surface area (Å²) in [6.07, 6.45) is 6.93. The second kappa shape index (κ2) is 6.17. The SMILES string of the molecule is Cc1ccccc1C(CC(=O)N1CCCC1)n1cccc1. The van der Waals surface area contributed by atoms with Crippen molar-refractivity contribution < 1.29 is 4.79 Å². The summed E-state index contributed by atoms with van der Waals surface area (Å²) in [4.78, 5) is 14.6. The van der Waals surface area contributed by atoms with Crippen LogP contribution in [-0.4, -0.2) is 28.5 Å². The van der Waals surface area contributed by atoms with Crippen molar-refractivity contribution in [2.24, 2.45) is 0 Å². The van der Waals surface area contributed by atoms with E-state index in [9.17, 15) is 4.79 Å². The lowest BCUT2D eigenvalue weighted by Gasteiger charge is -2.24. The topological polar surface area (TPSA) is 25.2 Å². The first kappa shape index (κ1) is 13.9. The molecule has 3 rings (SSSR count). The van der Waals surface area contributed by atoms with Gasteiger partial charge in [0.05, 0.1) is 12.5 Å². The van der Waals surface area contributed by atoms with Gasteiger partial charge in [0.25, 0.3) is 0 Å². The van der Waals surface area contributed by atoms with Gasteiger partial charge in [0, 0.05) is 25.5 Å². The lowest BCUT2D eigenvalue weighted by atomic mass is 9.98. The summed E-state index contributed by atoms with van der Waals surface area (Å²) in [6.45, 7) is 3.96. The van der Waals surface area contributed by atoms with Gasteiger partial charge < -0.3 is 9.47 Å². The highest BCUT2D eigenvalue weighted by molar-refractivity contribution is 5.77. The lowest BCUT2D eigenvalue weighted by molar-refractivity contribution is -0.130. The number of likely N-dealkylation sites (tertiary alicyclic amines) is 1. The molecule has 0 radical (unpaired) electrons. The minimum atomic E-state index is 0.0919. The lowest BCUT2D eigenvalue weighted by Crippen LogP contribution is -2.30. The highest BCUT2D eigenvalue weighted by Gasteiger charge is 2.24. The molecule has 0 spiro atoms. The van der Waals surface area contributed by atoms with Crippen LogP contribution in [0.2, 0.25) is 0 Å². The van der Waals surface area contributed by atoms with Crippen LogP contribution in [0.25, 0.3) is 0 Å². The van der Waals surface area contributed by atoms with Gasteiger partial charge in [0.15, 0.2) is 0 Å². The van der Waals surface area contributed by atoms with E-state index in [0.29, 0.717) is 6.42 Å². The highest BCUT2D eigenvalue weighted by Crippen LogP contribution is 2.26. The zero-order chi connectivity index (χ0) is 14.7. The zero-order valence-corrected chi connectivity index (χ0v) is 12.5. The quantitative estimate of drug-likeness (QED) is 0.843. The Morgan fingerprint density at radius 1 is 1.10 bits per heavy atom. The molecule has 1 fully saturated rings. The fraction of sp³-hybridized carbons (Fsp3) is 0.389. The summed E-state index contributed by atoms with van der Waals surface area (Å²) in [5, 5.41) is 0. The second-order valence-electron chi connectivity index (χ2n) is 5.79. The van der Waals surface area contributed by atoms with Crippen LogP contribution >= 0.6 is 0 Å². The average Bonchev–Trinajstić information content (AvgIpc) is 3.18. The van der Waals surface area contributed by atoms with Crippen LogP contribution in [0.4, 0.5) is 0 Å². The Bertz CT molecular complexity index is 597. The number of nitrogens with zero attached hydrogens (tertiary/aromatic N) is 2. The second-order valence-corrected chi connectivity index (χ2v) is 5.79. The van der Waals surface area contributed by atoms with Gasteiger partial charge in [0.1, 0.15) is 0 Å². The van der Waals surface area contributed by atoms with Crippen LogP contribution in [0, 0.1) is 6.92 Å².